The van der Waals surface area contributed by atoms with E-state index in [-0.39, 0.29) is 12.0 Å². The summed E-state index contributed by atoms with van der Waals surface area (Å²) >= 11 is 12.1. The fraction of sp³-hybridized carbons (Fsp3) is 0.462. The number of carboxylic acid groups (broad SMARTS) is 1. The average Bonchev–Trinajstić information content (AvgIpc) is 3.13. The third-order valence-electron chi connectivity index (χ3n) is 3.24. The highest BCUT2D eigenvalue weighted by molar-refractivity contribution is 6.42. The summed E-state index contributed by atoms with van der Waals surface area (Å²) in [4.78, 5) is 11.2. The average molecular weight is 288 g/mol. The van der Waals surface area contributed by atoms with Crippen LogP contribution in [0.3, 0.4) is 0 Å². The summed E-state index contributed by atoms with van der Waals surface area (Å²) in [6, 6.07) is 4.75. The lowest BCUT2D eigenvalue weighted by atomic mass is 10.1. The van der Waals surface area contributed by atoms with E-state index in [1.165, 1.54) is 0 Å². The molecule has 1 aromatic rings. The van der Waals surface area contributed by atoms with Crippen molar-refractivity contribution in [2.45, 2.75) is 31.8 Å². The molecule has 2 unspecified atom stereocenters. The van der Waals surface area contributed by atoms with E-state index in [0.717, 1.165) is 18.4 Å². The van der Waals surface area contributed by atoms with Gasteiger partial charge in [0.15, 0.2) is 0 Å². The molecule has 0 saturated heterocycles. The van der Waals surface area contributed by atoms with Crippen molar-refractivity contribution in [1.82, 2.24) is 5.32 Å². The zero-order valence-corrected chi connectivity index (χ0v) is 11.5. The molecule has 5 heteroatoms. The predicted molar refractivity (Wildman–Crippen MR) is 72.2 cm³/mol. The van der Waals surface area contributed by atoms with E-state index in [0.29, 0.717) is 10.0 Å². The normalized spacial score (nSPS) is 18.4. The topological polar surface area (TPSA) is 49.3 Å². The van der Waals surface area contributed by atoms with Crippen LogP contribution in [0.4, 0.5) is 0 Å². The second-order valence-corrected chi connectivity index (χ2v) is 5.47. The Morgan fingerprint density at radius 3 is 2.67 bits per heavy atom. The number of halogens is 2. The molecule has 2 rings (SSSR count). The van der Waals surface area contributed by atoms with Gasteiger partial charge in [-0.1, -0.05) is 35.3 Å². The lowest BCUT2D eigenvalue weighted by Crippen LogP contribution is -2.40. The van der Waals surface area contributed by atoms with E-state index in [1.807, 2.05) is 19.1 Å². The molecule has 0 bridgehead atoms. The minimum absolute atomic E-state index is 0.141. The van der Waals surface area contributed by atoms with Crippen molar-refractivity contribution in [3.8, 4) is 0 Å². The van der Waals surface area contributed by atoms with Gasteiger partial charge in [-0.15, -0.1) is 0 Å². The van der Waals surface area contributed by atoms with Gasteiger partial charge in [0.1, 0.15) is 6.04 Å². The number of rotatable bonds is 5. The van der Waals surface area contributed by atoms with Crippen LogP contribution < -0.4 is 5.32 Å². The highest BCUT2D eigenvalue weighted by Crippen LogP contribution is 2.35. The van der Waals surface area contributed by atoms with Crippen molar-refractivity contribution in [2.24, 2.45) is 5.92 Å². The molecule has 3 nitrogen and oxygen atoms in total. The van der Waals surface area contributed by atoms with Gasteiger partial charge >= 0.3 is 5.97 Å². The van der Waals surface area contributed by atoms with Gasteiger partial charge in [-0.3, -0.25) is 10.1 Å². The largest absolute Gasteiger partial charge is 0.480 e. The Balaban J connectivity index is 2.13. The number of carbonyl (C=O) groups is 1. The molecule has 1 aliphatic carbocycles. The van der Waals surface area contributed by atoms with Crippen LogP contribution in [0.15, 0.2) is 18.2 Å². The molecule has 0 amide bonds. The number of hydrogen-bond donors (Lipinski definition) is 2. The van der Waals surface area contributed by atoms with Crippen LogP contribution in [0, 0.1) is 5.92 Å². The molecule has 1 aromatic carbocycles. The predicted octanol–water partition coefficient (Wildman–Crippen LogP) is 3.51. The van der Waals surface area contributed by atoms with E-state index in [9.17, 15) is 9.90 Å². The van der Waals surface area contributed by atoms with Gasteiger partial charge < -0.3 is 5.11 Å². The molecule has 98 valence electrons. The number of aliphatic carboxylic acids is 1. The lowest BCUT2D eigenvalue weighted by molar-refractivity contribution is -0.140. The molecule has 2 N–H and O–H groups in total. The first-order chi connectivity index (χ1) is 8.50. The van der Waals surface area contributed by atoms with E-state index in [4.69, 9.17) is 23.2 Å². The minimum Gasteiger partial charge on any atom is -0.480 e. The fourth-order valence-corrected chi connectivity index (χ4v) is 2.52. The first-order valence-electron chi connectivity index (χ1n) is 5.93. The number of carboxylic acids is 1. The smallest absolute Gasteiger partial charge is 0.320 e. The zero-order valence-electron chi connectivity index (χ0n) is 9.99. The van der Waals surface area contributed by atoms with Crippen molar-refractivity contribution in [3.63, 3.8) is 0 Å². The van der Waals surface area contributed by atoms with Crippen LogP contribution in [-0.2, 0) is 4.79 Å². The van der Waals surface area contributed by atoms with Crippen molar-refractivity contribution < 1.29 is 9.90 Å². The van der Waals surface area contributed by atoms with Crippen molar-refractivity contribution in [3.05, 3.63) is 33.8 Å². The highest BCUT2D eigenvalue weighted by atomic mass is 35.5. The summed E-state index contributed by atoms with van der Waals surface area (Å²) in [6.07, 6.45) is 1.94. The Bertz CT molecular complexity index is 460. The SMILES string of the molecule is CC(NC(C(=O)O)C1CC1)c1cccc(Cl)c1Cl. The molecular formula is C13H15Cl2NO2. The van der Waals surface area contributed by atoms with Crippen LogP contribution in [0.25, 0.3) is 0 Å². The maximum absolute atomic E-state index is 11.2. The summed E-state index contributed by atoms with van der Waals surface area (Å²) in [7, 11) is 0. The van der Waals surface area contributed by atoms with Gasteiger partial charge in [0, 0.05) is 6.04 Å². The number of hydrogen-bond acceptors (Lipinski definition) is 2. The quantitative estimate of drug-likeness (QED) is 0.871. The summed E-state index contributed by atoms with van der Waals surface area (Å²) in [5, 5.41) is 13.3. The standard InChI is InChI=1S/C13H15Cl2NO2/c1-7(9-3-2-4-10(14)11(9)15)16-12(13(17)18)8-5-6-8/h2-4,7-8,12,16H,5-6H2,1H3,(H,17,18). The Kier molecular flexibility index (Phi) is 4.15. The monoisotopic (exact) mass is 287 g/mol. The van der Waals surface area contributed by atoms with Gasteiger partial charge in [-0.25, -0.2) is 0 Å². The van der Waals surface area contributed by atoms with Gasteiger partial charge in [0.2, 0.25) is 0 Å². The van der Waals surface area contributed by atoms with Crippen LogP contribution in [0.2, 0.25) is 10.0 Å². The minimum atomic E-state index is -0.803. The maximum atomic E-state index is 11.2. The van der Waals surface area contributed by atoms with Gasteiger partial charge in [-0.05, 0) is 37.3 Å². The molecule has 1 saturated carbocycles. The molecule has 0 radical (unpaired) electrons. The Morgan fingerprint density at radius 2 is 2.11 bits per heavy atom. The van der Waals surface area contributed by atoms with Crippen LogP contribution in [0.5, 0.6) is 0 Å². The van der Waals surface area contributed by atoms with Gasteiger partial charge in [-0.2, -0.15) is 0 Å². The van der Waals surface area contributed by atoms with Crippen LogP contribution in [0.1, 0.15) is 31.4 Å². The molecule has 1 aliphatic rings. The molecule has 18 heavy (non-hydrogen) atoms. The number of nitrogens with one attached hydrogen (secondary N) is 1. The zero-order chi connectivity index (χ0) is 13.3. The molecule has 0 aliphatic heterocycles. The molecule has 0 aromatic heterocycles. The van der Waals surface area contributed by atoms with E-state index >= 15 is 0 Å². The molecule has 0 heterocycles. The summed E-state index contributed by atoms with van der Waals surface area (Å²) < 4.78 is 0. The van der Waals surface area contributed by atoms with Crippen molar-refractivity contribution in [2.75, 3.05) is 0 Å². The second kappa shape index (κ2) is 5.47. The Morgan fingerprint density at radius 1 is 1.44 bits per heavy atom. The van der Waals surface area contributed by atoms with Crippen LogP contribution in [-0.4, -0.2) is 17.1 Å². The molecule has 1 fully saturated rings. The Hall–Kier alpha value is -0.770. The summed E-state index contributed by atoms with van der Waals surface area (Å²) in [5.74, 6) is -0.564. The van der Waals surface area contributed by atoms with E-state index < -0.39 is 12.0 Å². The highest BCUT2D eigenvalue weighted by Gasteiger charge is 2.37. The Labute approximate surface area is 116 Å². The third-order valence-corrected chi connectivity index (χ3v) is 4.07. The van der Waals surface area contributed by atoms with Gasteiger partial charge in [0.25, 0.3) is 0 Å². The first-order valence-corrected chi connectivity index (χ1v) is 6.69. The molecular weight excluding hydrogens is 273 g/mol. The van der Waals surface area contributed by atoms with Gasteiger partial charge in [0.05, 0.1) is 10.0 Å². The lowest BCUT2D eigenvalue weighted by Gasteiger charge is -2.21. The summed E-state index contributed by atoms with van der Waals surface area (Å²) in [6.45, 7) is 1.90. The molecule has 2 atom stereocenters. The maximum Gasteiger partial charge on any atom is 0.320 e. The first kappa shape index (κ1) is 13.7. The number of benzene rings is 1. The second-order valence-electron chi connectivity index (χ2n) is 4.68. The fourth-order valence-electron chi connectivity index (χ4n) is 2.05. The molecule has 0 spiro atoms. The van der Waals surface area contributed by atoms with E-state index in [1.54, 1.807) is 6.07 Å². The van der Waals surface area contributed by atoms with Crippen LogP contribution >= 0.6 is 23.2 Å². The van der Waals surface area contributed by atoms with Crippen molar-refractivity contribution >= 4 is 29.2 Å². The van der Waals surface area contributed by atoms with E-state index in [2.05, 4.69) is 5.32 Å². The third kappa shape index (κ3) is 2.97. The summed E-state index contributed by atoms with van der Waals surface area (Å²) in [5.41, 5.74) is 0.830. The van der Waals surface area contributed by atoms with Crippen molar-refractivity contribution in [1.29, 1.82) is 0 Å².